The summed E-state index contributed by atoms with van der Waals surface area (Å²) < 4.78 is 1.90. The van der Waals surface area contributed by atoms with Crippen molar-refractivity contribution in [3.05, 3.63) is 36.0 Å². The second kappa shape index (κ2) is 5.03. The van der Waals surface area contributed by atoms with Crippen molar-refractivity contribution in [1.82, 2.24) is 19.7 Å². The molecule has 1 aliphatic carbocycles. The van der Waals surface area contributed by atoms with E-state index in [-0.39, 0.29) is 5.91 Å². The summed E-state index contributed by atoms with van der Waals surface area (Å²) in [6, 6.07) is 0.306. The summed E-state index contributed by atoms with van der Waals surface area (Å²) in [7, 11) is 0. The summed E-state index contributed by atoms with van der Waals surface area (Å²) in [6.45, 7) is 4.08. The summed E-state index contributed by atoms with van der Waals surface area (Å²) in [5.74, 6) is 1.16. The zero-order chi connectivity index (χ0) is 14.1. The van der Waals surface area contributed by atoms with Crippen LogP contribution in [0.3, 0.4) is 0 Å². The van der Waals surface area contributed by atoms with Crippen molar-refractivity contribution < 1.29 is 4.79 Å². The minimum atomic E-state index is -0.258. The number of rotatable bonds is 4. The third-order valence-electron chi connectivity index (χ3n) is 3.70. The van der Waals surface area contributed by atoms with Gasteiger partial charge < -0.3 is 5.32 Å². The zero-order valence-electron chi connectivity index (χ0n) is 11.6. The summed E-state index contributed by atoms with van der Waals surface area (Å²) in [5, 5.41) is 7.29. The Kier molecular flexibility index (Phi) is 3.22. The molecule has 104 valence electrons. The van der Waals surface area contributed by atoms with Crippen LogP contribution >= 0.6 is 0 Å². The van der Waals surface area contributed by atoms with Gasteiger partial charge in [-0.2, -0.15) is 5.10 Å². The Bertz CT molecular complexity index is 618. The van der Waals surface area contributed by atoms with Gasteiger partial charge in [-0.3, -0.25) is 9.78 Å². The minimum Gasteiger partial charge on any atom is -0.305 e. The molecule has 1 amide bonds. The van der Waals surface area contributed by atoms with Crippen LogP contribution in [-0.4, -0.2) is 25.7 Å². The summed E-state index contributed by atoms with van der Waals surface area (Å²) in [4.78, 5) is 20.1. The van der Waals surface area contributed by atoms with Crippen molar-refractivity contribution in [3.8, 4) is 0 Å². The van der Waals surface area contributed by atoms with Gasteiger partial charge in [-0.05, 0) is 32.6 Å². The van der Waals surface area contributed by atoms with Gasteiger partial charge in [-0.25, -0.2) is 9.67 Å². The largest absolute Gasteiger partial charge is 0.305 e. The first kappa shape index (κ1) is 12.8. The van der Waals surface area contributed by atoms with Crippen molar-refractivity contribution in [1.29, 1.82) is 0 Å². The number of nitrogens with one attached hydrogen (secondary N) is 1. The van der Waals surface area contributed by atoms with Gasteiger partial charge in [0.05, 0.1) is 18.4 Å². The number of aryl methyl sites for hydroxylation is 1. The molecule has 1 N–H and O–H groups in total. The first-order chi connectivity index (χ1) is 9.66. The topological polar surface area (TPSA) is 72.7 Å². The average Bonchev–Trinajstić information content (AvgIpc) is 3.26. The molecule has 0 saturated heterocycles. The number of carbonyl (C=O) groups excluding carboxylic acids is 1. The fourth-order valence-corrected chi connectivity index (χ4v) is 2.28. The van der Waals surface area contributed by atoms with Crippen LogP contribution < -0.4 is 5.32 Å². The Balaban J connectivity index is 1.83. The number of aromatic nitrogens is 4. The number of hydrogen-bond acceptors (Lipinski definition) is 4. The van der Waals surface area contributed by atoms with E-state index in [9.17, 15) is 4.79 Å². The Morgan fingerprint density at radius 1 is 1.40 bits per heavy atom. The molecular formula is C14H17N5O. The second-order valence-electron chi connectivity index (χ2n) is 5.24. The molecule has 2 aromatic heterocycles. The number of carbonyl (C=O) groups is 1. The quantitative estimate of drug-likeness (QED) is 0.925. The fraction of sp³-hybridized carbons (Fsp3) is 0.429. The van der Waals surface area contributed by atoms with Crippen LogP contribution in [0.5, 0.6) is 0 Å². The third kappa shape index (κ3) is 2.41. The Morgan fingerprint density at radius 3 is 2.85 bits per heavy atom. The Morgan fingerprint density at radius 2 is 2.20 bits per heavy atom. The van der Waals surface area contributed by atoms with Crippen molar-refractivity contribution in [2.24, 2.45) is 5.92 Å². The second-order valence-corrected chi connectivity index (χ2v) is 5.24. The lowest BCUT2D eigenvalue weighted by molar-refractivity contribution is 0.102. The van der Waals surface area contributed by atoms with Gasteiger partial charge in [0.2, 0.25) is 0 Å². The molecule has 3 rings (SSSR count). The van der Waals surface area contributed by atoms with Gasteiger partial charge in [-0.15, -0.1) is 0 Å². The number of hydrogen-bond donors (Lipinski definition) is 1. The van der Waals surface area contributed by atoms with E-state index in [4.69, 9.17) is 0 Å². The SMILES string of the molecule is Cc1cnn([C@H](C)C2CC2)c1NC(=O)c1cnccn1. The molecule has 2 heterocycles. The summed E-state index contributed by atoms with van der Waals surface area (Å²) in [6.07, 6.45) is 8.75. The maximum Gasteiger partial charge on any atom is 0.277 e. The van der Waals surface area contributed by atoms with E-state index >= 15 is 0 Å². The van der Waals surface area contributed by atoms with E-state index < -0.39 is 0 Å². The van der Waals surface area contributed by atoms with E-state index in [1.165, 1.54) is 25.2 Å². The van der Waals surface area contributed by atoms with Crippen LogP contribution in [0, 0.1) is 12.8 Å². The number of nitrogens with zero attached hydrogens (tertiary/aromatic N) is 4. The molecule has 2 aromatic rings. The van der Waals surface area contributed by atoms with Crippen molar-refractivity contribution in [3.63, 3.8) is 0 Å². The average molecular weight is 271 g/mol. The molecule has 0 bridgehead atoms. The van der Waals surface area contributed by atoms with Gasteiger partial charge in [0.1, 0.15) is 11.5 Å². The molecule has 1 atom stereocenters. The molecule has 0 unspecified atom stereocenters. The van der Waals surface area contributed by atoms with Gasteiger partial charge >= 0.3 is 0 Å². The standard InChI is InChI=1S/C14H17N5O/c1-9-7-17-19(10(2)11-3-4-11)13(9)18-14(20)12-8-15-5-6-16-12/h5-8,10-11H,3-4H2,1-2H3,(H,18,20)/t10-/m1/s1. The molecule has 0 aromatic carbocycles. The Hall–Kier alpha value is -2.24. The molecule has 0 radical (unpaired) electrons. The maximum atomic E-state index is 12.2. The Labute approximate surface area is 117 Å². The monoisotopic (exact) mass is 271 g/mol. The van der Waals surface area contributed by atoms with E-state index in [1.807, 2.05) is 11.6 Å². The predicted molar refractivity (Wildman–Crippen MR) is 74.4 cm³/mol. The van der Waals surface area contributed by atoms with Crippen LogP contribution in [0.25, 0.3) is 0 Å². The lowest BCUT2D eigenvalue weighted by Gasteiger charge is -2.16. The van der Waals surface area contributed by atoms with E-state index in [0.29, 0.717) is 17.7 Å². The van der Waals surface area contributed by atoms with Crippen LogP contribution in [0.1, 0.15) is 41.9 Å². The first-order valence-electron chi connectivity index (χ1n) is 6.78. The minimum absolute atomic E-state index is 0.258. The highest BCUT2D eigenvalue weighted by atomic mass is 16.2. The highest BCUT2D eigenvalue weighted by Crippen LogP contribution is 2.40. The first-order valence-corrected chi connectivity index (χ1v) is 6.78. The fourth-order valence-electron chi connectivity index (χ4n) is 2.28. The van der Waals surface area contributed by atoms with Gasteiger partial charge in [0.25, 0.3) is 5.91 Å². The number of amides is 1. The molecule has 1 saturated carbocycles. The summed E-state index contributed by atoms with van der Waals surface area (Å²) in [5.41, 5.74) is 1.26. The van der Waals surface area contributed by atoms with Crippen LogP contribution in [-0.2, 0) is 0 Å². The number of anilines is 1. The molecule has 1 aliphatic rings. The lowest BCUT2D eigenvalue weighted by atomic mass is 10.2. The van der Waals surface area contributed by atoms with Crippen LogP contribution in [0.4, 0.5) is 5.82 Å². The van der Waals surface area contributed by atoms with Crippen molar-refractivity contribution >= 4 is 11.7 Å². The molecule has 0 spiro atoms. The highest BCUT2D eigenvalue weighted by Gasteiger charge is 2.31. The smallest absolute Gasteiger partial charge is 0.277 e. The summed E-state index contributed by atoms with van der Waals surface area (Å²) >= 11 is 0. The lowest BCUT2D eigenvalue weighted by Crippen LogP contribution is -2.20. The van der Waals surface area contributed by atoms with Crippen molar-refractivity contribution in [2.45, 2.75) is 32.7 Å². The van der Waals surface area contributed by atoms with E-state index in [2.05, 4.69) is 27.3 Å². The molecular weight excluding hydrogens is 254 g/mol. The molecule has 6 heteroatoms. The van der Waals surface area contributed by atoms with Gasteiger partial charge in [-0.1, -0.05) is 0 Å². The normalized spacial score (nSPS) is 15.9. The third-order valence-corrected chi connectivity index (χ3v) is 3.70. The molecule has 1 fully saturated rings. The molecule has 20 heavy (non-hydrogen) atoms. The predicted octanol–water partition coefficient (Wildman–Crippen LogP) is 2.20. The molecule has 0 aliphatic heterocycles. The van der Waals surface area contributed by atoms with E-state index in [1.54, 1.807) is 12.4 Å². The van der Waals surface area contributed by atoms with Crippen LogP contribution in [0.15, 0.2) is 24.8 Å². The van der Waals surface area contributed by atoms with Gasteiger partial charge in [0.15, 0.2) is 0 Å². The van der Waals surface area contributed by atoms with E-state index in [0.717, 1.165) is 11.4 Å². The van der Waals surface area contributed by atoms with Gasteiger partial charge in [0, 0.05) is 18.0 Å². The van der Waals surface area contributed by atoms with Crippen LogP contribution in [0.2, 0.25) is 0 Å². The zero-order valence-corrected chi connectivity index (χ0v) is 11.6. The molecule has 6 nitrogen and oxygen atoms in total. The maximum absolute atomic E-state index is 12.2. The van der Waals surface area contributed by atoms with Crippen molar-refractivity contribution in [2.75, 3.05) is 5.32 Å². The highest BCUT2D eigenvalue weighted by molar-refractivity contribution is 6.02.